The minimum absolute atomic E-state index is 0.536. The van der Waals surface area contributed by atoms with Crippen molar-refractivity contribution in [2.75, 3.05) is 43.4 Å². The van der Waals surface area contributed by atoms with Gasteiger partial charge >= 0.3 is 0 Å². The number of rotatable bonds is 5. The van der Waals surface area contributed by atoms with Crippen molar-refractivity contribution in [3.8, 4) is 33.1 Å². The fourth-order valence-corrected chi connectivity index (χ4v) is 5.11. The summed E-state index contributed by atoms with van der Waals surface area (Å²) in [6, 6.07) is 18.8. The molecule has 0 saturated carbocycles. The van der Waals surface area contributed by atoms with Crippen LogP contribution >= 0.6 is 11.3 Å². The van der Waals surface area contributed by atoms with Gasteiger partial charge < -0.3 is 15.5 Å². The van der Waals surface area contributed by atoms with Crippen LogP contribution in [0.3, 0.4) is 0 Å². The maximum absolute atomic E-state index is 6.10. The van der Waals surface area contributed by atoms with Crippen molar-refractivity contribution in [2.45, 2.75) is 13.8 Å². The quantitative estimate of drug-likeness (QED) is 0.457. The minimum Gasteiger partial charge on any atom is -0.375 e. The van der Waals surface area contributed by atoms with Crippen LogP contribution in [0.15, 0.2) is 60.8 Å². The molecule has 168 valence electrons. The third kappa shape index (κ3) is 4.60. The molecule has 0 radical (unpaired) electrons. The van der Waals surface area contributed by atoms with Crippen LogP contribution in [0.2, 0.25) is 0 Å². The lowest BCUT2D eigenvalue weighted by Crippen LogP contribution is -2.46. The topological polar surface area (TPSA) is 71.2 Å². The number of likely N-dealkylation sites (N-methyl/N-ethyl adjacent to an activating group) is 1. The summed E-state index contributed by atoms with van der Waals surface area (Å²) in [7, 11) is 0. The number of anilines is 2. The van der Waals surface area contributed by atoms with Crippen LogP contribution in [0.5, 0.6) is 0 Å². The van der Waals surface area contributed by atoms with Gasteiger partial charge in [0.2, 0.25) is 0 Å². The Morgan fingerprint density at radius 3 is 2.42 bits per heavy atom. The van der Waals surface area contributed by atoms with Crippen molar-refractivity contribution in [2.24, 2.45) is 0 Å². The highest BCUT2D eigenvalue weighted by molar-refractivity contribution is 7.19. The Morgan fingerprint density at radius 2 is 1.70 bits per heavy atom. The van der Waals surface area contributed by atoms with Crippen LogP contribution < -0.4 is 10.6 Å². The van der Waals surface area contributed by atoms with Crippen molar-refractivity contribution < 1.29 is 0 Å². The van der Waals surface area contributed by atoms with Crippen LogP contribution in [0.1, 0.15) is 12.6 Å². The predicted octanol–water partition coefficient (Wildman–Crippen LogP) is 4.97. The van der Waals surface area contributed by atoms with Gasteiger partial charge in [-0.3, -0.25) is 9.97 Å². The Balaban J connectivity index is 1.42. The molecule has 0 bridgehead atoms. The van der Waals surface area contributed by atoms with Crippen molar-refractivity contribution >= 4 is 22.2 Å². The van der Waals surface area contributed by atoms with E-state index in [4.69, 9.17) is 5.73 Å². The average molecular weight is 457 g/mol. The van der Waals surface area contributed by atoms with Gasteiger partial charge in [0.25, 0.3) is 0 Å². The van der Waals surface area contributed by atoms with Gasteiger partial charge in [0, 0.05) is 49.3 Å². The molecule has 3 aromatic heterocycles. The summed E-state index contributed by atoms with van der Waals surface area (Å²) in [5.41, 5.74) is 13.1. The van der Waals surface area contributed by atoms with E-state index >= 15 is 0 Å². The third-order valence-electron chi connectivity index (χ3n) is 6.14. The average Bonchev–Trinajstić information content (AvgIpc) is 3.26. The molecule has 1 aliphatic heterocycles. The molecule has 6 nitrogen and oxygen atoms in total. The first-order chi connectivity index (χ1) is 16.1. The number of nitrogens with two attached hydrogens (primary N) is 1. The van der Waals surface area contributed by atoms with Gasteiger partial charge in [0.1, 0.15) is 5.69 Å². The maximum atomic E-state index is 6.10. The number of pyridine rings is 2. The van der Waals surface area contributed by atoms with Gasteiger partial charge in [-0.05, 0) is 55.4 Å². The van der Waals surface area contributed by atoms with Crippen LogP contribution in [-0.4, -0.2) is 52.6 Å². The van der Waals surface area contributed by atoms with Crippen molar-refractivity contribution in [1.29, 1.82) is 0 Å². The molecule has 1 saturated heterocycles. The molecular formula is C26H28N6S. The zero-order chi connectivity index (χ0) is 22.8. The van der Waals surface area contributed by atoms with Gasteiger partial charge in [0.05, 0.1) is 16.3 Å². The Morgan fingerprint density at radius 1 is 0.909 bits per heavy atom. The number of aromatic nitrogens is 3. The van der Waals surface area contributed by atoms with Gasteiger partial charge in [-0.1, -0.05) is 36.5 Å². The van der Waals surface area contributed by atoms with E-state index in [9.17, 15) is 0 Å². The molecule has 0 unspecified atom stereocenters. The zero-order valence-electron chi connectivity index (χ0n) is 19.0. The smallest absolute Gasteiger partial charge is 0.181 e. The third-order valence-corrected chi connectivity index (χ3v) is 7.08. The summed E-state index contributed by atoms with van der Waals surface area (Å²) < 4.78 is 0. The molecular weight excluding hydrogens is 428 g/mol. The second-order valence-corrected chi connectivity index (χ2v) is 9.32. The second kappa shape index (κ2) is 9.29. The number of hydrogen-bond donors (Lipinski definition) is 1. The number of benzene rings is 1. The molecule has 0 spiro atoms. The number of nitrogen functional groups attached to an aromatic ring is 1. The number of piperazine rings is 1. The summed E-state index contributed by atoms with van der Waals surface area (Å²) in [4.78, 5) is 19.8. The van der Waals surface area contributed by atoms with E-state index in [0.29, 0.717) is 5.13 Å². The number of thiazole rings is 1. The molecule has 4 heterocycles. The normalized spacial score (nSPS) is 14.5. The van der Waals surface area contributed by atoms with Crippen LogP contribution in [0.4, 0.5) is 10.8 Å². The summed E-state index contributed by atoms with van der Waals surface area (Å²) >= 11 is 1.48. The fourth-order valence-electron chi connectivity index (χ4n) is 4.28. The SMILES string of the molecule is CCN1CCN(c2ccc(-c3cc(-c4sc(N)nc4-c4cccc(C)n4)ccn3)cc2)CC1. The standard InChI is InChI=1S/C26H28N6S/c1-3-31-13-15-32(16-14-31)21-9-7-19(8-10-21)23-17-20(11-12-28-23)25-24(30-26(27)33-25)22-6-4-5-18(2)29-22/h4-12,17H,3,13-16H2,1-2H3,(H2,27,30). The highest BCUT2D eigenvalue weighted by Crippen LogP contribution is 2.38. The highest BCUT2D eigenvalue weighted by atomic mass is 32.1. The number of hydrogen-bond acceptors (Lipinski definition) is 7. The van der Waals surface area contributed by atoms with Gasteiger partial charge in [-0.25, -0.2) is 4.98 Å². The molecule has 4 aromatic rings. The first kappa shape index (κ1) is 21.6. The first-order valence-corrected chi connectivity index (χ1v) is 12.2. The molecule has 1 aromatic carbocycles. The van der Waals surface area contributed by atoms with E-state index in [-0.39, 0.29) is 0 Å². The monoisotopic (exact) mass is 456 g/mol. The van der Waals surface area contributed by atoms with Crippen LogP contribution in [0.25, 0.3) is 33.1 Å². The second-order valence-electron chi connectivity index (χ2n) is 8.29. The van der Waals surface area contributed by atoms with Gasteiger partial charge in [0.15, 0.2) is 5.13 Å². The lowest BCUT2D eigenvalue weighted by atomic mass is 10.1. The minimum atomic E-state index is 0.536. The Kier molecular flexibility index (Phi) is 6.07. The lowest BCUT2D eigenvalue weighted by molar-refractivity contribution is 0.271. The molecule has 7 heteroatoms. The van der Waals surface area contributed by atoms with Crippen molar-refractivity contribution in [3.05, 3.63) is 66.5 Å². The molecule has 1 fully saturated rings. The largest absolute Gasteiger partial charge is 0.375 e. The van der Waals surface area contributed by atoms with E-state index in [2.05, 4.69) is 62.0 Å². The molecule has 5 rings (SSSR count). The summed E-state index contributed by atoms with van der Waals surface area (Å²) in [6.07, 6.45) is 1.85. The van der Waals surface area contributed by atoms with E-state index in [1.807, 2.05) is 37.4 Å². The molecule has 1 aliphatic rings. The van der Waals surface area contributed by atoms with Crippen molar-refractivity contribution in [1.82, 2.24) is 19.9 Å². The van der Waals surface area contributed by atoms with E-state index in [1.165, 1.54) is 17.0 Å². The Bertz CT molecular complexity index is 1240. The van der Waals surface area contributed by atoms with E-state index in [1.54, 1.807) is 0 Å². The molecule has 0 aliphatic carbocycles. The van der Waals surface area contributed by atoms with Gasteiger partial charge in [-0.2, -0.15) is 0 Å². The number of nitrogens with zero attached hydrogens (tertiary/aromatic N) is 5. The fraction of sp³-hybridized carbons (Fsp3) is 0.269. The summed E-state index contributed by atoms with van der Waals surface area (Å²) in [6.45, 7) is 9.73. The Labute approximate surface area is 198 Å². The number of aryl methyl sites for hydroxylation is 1. The van der Waals surface area contributed by atoms with Gasteiger partial charge in [-0.15, -0.1) is 0 Å². The maximum Gasteiger partial charge on any atom is 0.181 e. The first-order valence-electron chi connectivity index (χ1n) is 11.3. The predicted molar refractivity (Wildman–Crippen MR) is 137 cm³/mol. The Hall–Kier alpha value is -3.29. The molecule has 0 atom stereocenters. The lowest BCUT2D eigenvalue weighted by Gasteiger charge is -2.35. The summed E-state index contributed by atoms with van der Waals surface area (Å²) in [5.74, 6) is 0. The van der Waals surface area contributed by atoms with E-state index < -0.39 is 0 Å². The molecule has 33 heavy (non-hydrogen) atoms. The zero-order valence-corrected chi connectivity index (χ0v) is 19.8. The highest BCUT2D eigenvalue weighted by Gasteiger charge is 2.17. The van der Waals surface area contributed by atoms with Crippen LogP contribution in [0, 0.1) is 6.92 Å². The van der Waals surface area contributed by atoms with Crippen molar-refractivity contribution in [3.63, 3.8) is 0 Å². The van der Waals surface area contributed by atoms with Crippen LogP contribution in [-0.2, 0) is 0 Å². The molecule has 2 N–H and O–H groups in total. The van der Waals surface area contributed by atoms with E-state index in [0.717, 1.165) is 71.5 Å². The summed E-state index contributed by atoms with van der Waals surface area (Å²) in [5, 5.41) is 0.536. The molecule has 0 amide bonds.